The van der Waals surface area contributed by atoms with Crippen molar-refractivity contribution < 1.29 is 4.79 Å². The Bertz CT molecular complexity index is 555. The number of aryl methyl sites for hydroxylation is 1. The Labute approximate surface area is 108 Å². The first-order valence-corrected chi connectivity index (χ1v) is 5.99. The summed E-state index contributed by atoms with van der Waals surface area (Å²) in [5.41, 5.74) is 2.53. The molecule has 0 spiro atoms. The number of nitrogens with zero attached hydrogens (tertiary/aromatic N) is 2. The summed E-state index contributed by atoms with van der Waals surface area (Å²) in [6.45, 7) is 1.89. The van der Waals surface area contributed by atoms with E-state index in [0.717, 1.165) is 21.2 Å². The summed E-state index contributed by atoms with van der Waals surface area (Å²) in [6, 6.07) is 3.66. The second kappa shape index (κ2) is 5.19. The third-order valence-electron chi connectivity index (χ3n) is 2.45. The number of ketones is 1. The standard InChI is InChI=1S/C13H11BrN2O/c1-9-6-15-3-2-12(9)13(17)5-10-4-11(14)8-16-7-10/h2-4,6-8H,5H2,1H3. The van der Waals surface area contributed by atoms with Crippen LogP contribution in [0.25, 0.3) is 0 Å². The SMILES string of the molecule is Cc1cnccc1C(=O)Cc1cncc(Br)c1. The summed E-state index contributed by atoms with van der Waals surface area (Å²) in [5.74, 6) is 0.0878. The zero-order chi connectivity index (χ0) is 12.3. The molecule has 0 radical (unpaired) electrons. The Morgan fingerprint density at radius 3 is 2.82 bits per heavy atom. The zero-order valence-corrected chi connectivity index (χ0v) is 10.9. The lowest BCUT2D eigenvalue weighted by Gasteiger charge is -2.04. The van der Waals surface area contributed by atoms with Gasteiger partial charge in [0.1, 0.15) is 0 Å². The van der Waals surface area contributed by atoms with Gasteiger partial charge in [0.25, 0.3) is 0 Å². The van der Waals surface area contributed by atoms with Crippen LogP contribution >= 0.6 is 15.9 Å². The minimum atomic E-state index is 0.0878. The van der Waals surface area contributed by atoms with Gasteiger partial charge in [-0.05, 0) is 46.1 Å². The number of aromatic nitrogens is 2. The molecule has 0 bridgehead atoms. The quantitative estimate of drug-likeness (QED) is 0.816. The molecule has 0 unspecified atom stereocenters. The fourth-order valence-electron chi connectivity index (χ4n) is 1.62. The van der Waals surface area contributed by atoms with Crippen molar-refractivity contribution >= 4 is 21.7 Å². The minimum Gasteiger partial charge on any atom is -0.294 e. The van der Waals surface area contributed by atoms with E-state index in [9.17, 15) is 4.79 Å². The fraction of sp³-hybridized carbons (Fsp3) is 0.154. The third kappa shape index (κ3) is 2.97. The van der Waals surface area contributed by atoms with Gasteiger partial charge in [0.2, 0.25) is 0 Å². The van der Waals surface area contributed by atoms with E-state index in [1.54, 1.807) is 30.9 Å². The Morgan fingerprint density at radius 2 is 2.12 bits per heavy atom. The molecule has 2 rings (SSSR count). The molecule has 2 aromatic rings. The molecule has 0 N–H and O–H groups in total. The summed E-state index contributed by atoms with van der Waals surface area (Å²) in [6.07, 6.45) is 7.11. The Morgan fingerprint density at radius 1 is 1.29 bits per heavy atom. The average Bonchev–Trinajstić information content (AvgIpc) is 2.29. The summed E-state index contributed by atoms with van der Waals surface area (Å²) >= 11 is 3.34. The number of hydrogen-bond acceptors (Lipinski definition) is 3. The first-order chi connectivity index (χ1) is 8.16. The molecule has 0 atom stereocenters. The number of hydrogen-bond donors (Lipinski definition) is 0. The van der Waals surface area contributed by atoms with Crippen LogP contribution in [0.4, 0.5) is 0 Å². The van der Waals surface area contributed by atoms with Crippen LogP contribution in [0.2, 0.25) is 0 Å². The molecule has 0 aromatic carbocycles. The minimum absolute atomic E-state index is 0.0878. The van der Waals surface area contributed by atoms with Crippen molar-refractivity contribution in [3.63, 3.8) is 0 Å². The fourth-order valence-corrected chi connectivity index (χ4v) is 2.03. The van der Waals surface area contributed by atoms with Crippen LogP contribution in [0, 0.1) is 6.92 Å². The lowest BCUT2D eigenvalue weighted by atomic mass is 10.0. The second-order valence-corrected chi connectivity index (χ2v) is 4.72. The molecule has 0 aliphatic carbocycles. The molecule has 2 heterocycles. The van der Waals surface area contributed by atoms with Crippen molar-refractivity contribution in [1.82, 2.24) is 9.97 Å². The van der Waals surface area contributed by atoms with Crippen LogP contribution in [0.1, 0.15) is 21.5 Å². The number of carbonyl (C=O) groups excluding carboxylic acids is 1. The summed E-state index contributed by atoms with van der Waals surface area (Å²) in [5, 5.41) is 0. The van der Waals surface area contributed by atoms with Crippen LogP contribution in [-0.4, -0.2) is 15.8 Å². The van der Waals surface area contributed by atoms with Crippen molar-refractivity contribution in [3.05, 3.63) is 58.1 Å². The molecule has 3 nitrogen and oxygen atoms in total. The molecular weight excluding hydrogens is 280 g/mol. The number of rotatable bonds is 3. The highest BCUT2D eigenvalue weighted by Gasteiger charge is 2.09. The van der Waals surface area contributed by atoms with E-state index in [2.05, 4.69) is 25.9 Å². The highest BCUT2D eigenvalue weighted by Crippen LogP contribution is 2.13. The van der Waals surface area contributed by atoms with Crippen LogP contribution in [0.3, 0.4) is 0 Å². The monoisotopic (exact) mass is 290 g/mol. The summed E-state index contributed by atoms with van der Waals surface area (Å²) in [4.78, 5) is 20.1. The first kappa shape index (κ1) is 11.9. The van der Waals surface area contributed by atoms with Gasteiger partial charge in [0.15, 0.2) is 5.78 Å². The molecule has 17 heavy (non-hydrogen) atoms. The van der Waals surface area contributed by atoms with Crippen LogP contribution in [-0.2, 0) is 6.42 Å². The number of pyridine rings is 2. The number of carbonyl (C=O) groups is 1. The number of halogens is 1. The Hall–Kier alpha value is -1.55. The number of Topliss-reactive ketones (excluding diaryl/α,β-unsaturated/α-hetero) is 1. The average molecular weight is 291 g/mol. The molecule has 0 fully saturated rings. The van der Waals surface area contributed by atoms with Crippen molar-refractivity contribution in [2.45, 2.75) is 13.3 Å². The van der Waals surface area contributed by atoms with Gasteiger partial charge in [-0.1, -0.05) is 0 Å². The lowest BCUT2D eigenvalue weighted by molar-refractivity contribution is 0.0992. The molecule has 4 heteroatoms. The van der Waals surface area contributed by atoms with Gasteiger partial charge in [-0.3, -0.25) is 14.8 Å². The normalized spacial score (nSPS) is 10.2. The summed E-state index contributed by atoms with van der Waals surface area (Å²) in [7, 11) is 0. The predicted molar refractivity (Wildman–Crippen MR) is 68.9 cm³/mol. The topological polar surface area (TPSA) is 42.9 Å². The van der Waals surface area contributed by atoms with E-state index in [0.29, 0.717) is 6.42 Å². The smallest absolute Gasteiger partial charge is 0.167 e. The molecule has 0 saturated heterocycles. The van der Waals surface area contributed by atoms with E-state index in [4.69, 9.17) is 0 Å². The summed E-state index contributed by atoms with van der Waals surface area (Å²) < 4.78 is 0.884. The molecule has 0 saturated carbocycles. The van der Waals surface area contributed by atoms with Crippen LogP contribution in [0.15, 0.2) is 41.4 Å². The van der Waals surface area contributed by atoms with Crippen molar-refractivity contribution in [2.24, 2.45) is 0 Å². The molecule has 0 amide bonds. The van der Waals surface area contributed by atoms with Crippen LogP contribution in [0.5, 0.6) is 0 Å². The maximum Gasteiger partial charge on any atom is 0.167 e. The van der Waals surface area contributed by atoms with Gasteiger partial charge in [-0.2, -0.15) is 0 Å². The van der Waals surface area contributed by atoms with Crippen molar-refractivity contribution in [1.29, 1.82) is 0 Å². The predicted octanol–water partition coefficient (Wildman–Crippen LogP) is 2.97. The molecule has 2 aromatic heterocycles. The third-order valence-corrected chi connectivity index (χ3v) is 2.88. The largest absolute Gasteiger partial charge is 0.294 e. The lowest BCUT2D eigenvalue weighted by Crippen LogP contribution is -2.06. The molecule has 0 aliphatic heterocycles. The molecule has 86 valence electrons. The van der Waals surface area contributed by atoms with E-state index in [1.165, 1.54) is 0 Å². The van der Waals surface area contributed by atoms with E-state index >= 15 is 0 Å². The highest BCUT2D eigenvalue weighted by atomic mass is 79.9. The van der Waals surface area contributed by atoms with E-state index in [1.807, 2.05) is 13.0 Å². The van der Waals surface area contributed by atoms with Crippen LogP contribution < -0.4 is 0 Å². The van der Waals surface area contributed by atoms with Gasteiger partial charge in [0.05, 0.1) is 0 Å². The van der Waals surface area contributed by atoms with Gasteiger partial charge in [-0.15, -0.1) is 0 Å². The van der Waals surface area contributed by atoms with E-state index in [-0.39, 0.29) is 5.78 Å². The molecule has 0 aliphatic rings. The maximum absolute atomic E-state index is 12.1. The highest BCUT2D eigenvalue weighted by molar-refractivity contribution is 9.10. The van der Waals surface area contributed by atoms with Gasteiger partial charge >= 0.3 is 0 Å². The van der Waals surface area contributed by atoms with Crippen molar-refractivity contribution in [3.8, 4) is 0 Å². The van der Waals surface area contributed by atoms with E-state index < -0.39 is 0 Å². The van der Waals surface area contributed by atoms with Crippen molar-refractivity contribution in [2.75, 3.05) is 0 Å². The zero-order valence-electron chi connectivity index (χ0n) is 9.35. The second-order valence-electron chi connectivity index (χ2n) is 3.80. The maximum atomic E-state index is 12.1. The first-order valence-electron chi connectivity index (χ1n) is 5.20. The Balaban J connectivity index is 2.20. The van der Waals surface area contributed by atoms with Gasteiger partial charge < -0.3 is 0 Å². The Kier molecular flexibility index (Phi) is 3.64. The molecular formula is C13H11BrN2O. The van der Waals surface area contributed by atoms with Gasteiger partial charge in [0, 0.05) is 41.2 Å². The van der Waals surface area contributed by atoms with Gasteiger partial charge in [-0.25, -0.2) is 0 Å².